The lowest BCUT2D eigenvalue weighted by molar-refractivity contribution is 0.313. The maximum absolute atomic E-state index is 11.8. The van der Waals surface area contributed by atoms with Gasteiger partial charge in [0.1, 0.15) is 0 Å². The molecule has 3 heterocycles. The maximum Gasteiger partial charge on any atom is 0.231 e. The first-order valence-corrected chi connectivity index (χ1v) is 13.5. The Morgan fingerprint density at radius 3 is 2.43 bits per heavy atom. The third-order valence-electron chi connectivity index (χ3n) is 6.59. The van der Waals surface area contributed by atoms with Crippen LogP contribution in [0.25, 0.3) is 16.8 Å². The van der Waals surface area contributed by atoms with Gasteiger partial charge in [-0.2, -0.15) is 5.10 Å². The zero-order valence-corrected chi connectivity index (χ0v) is 21.1. The summed E-state index contributed by atoms with van der Waals surface area (Å²) in [5.74, 6) is 0.765. The van der Waals surface area contributed by atoms with E-state index in [0.717, 1.165) is 48.8 Å². The molecule has 0 amide bonds. The van der Waals surface area contributed by atoms with E-state index in [1.165, 1.54) is 21.8 Å². The maximum atomic E-state index is 11.8. The number of hydrogen-bond acceptors (Lipinski definition) is 6. The number of aromatic nitrogens is 3. The topological polar surface area (TPSA) is 74.0 Å². The highest BCUT2D eigenvalue weighted by atomic mass is 32.2. The number of anilines is 2. The van der Waals surface area contributed by atoms with Crippen LogP contribution in [-0.2, 0) is 16.4 Å². The van der Waals surface area contributed by atoms with Gasteiger partial charge in [-0.15, -0.1) is 0 Å². The molecule has 0 radical (unpaired) electrons. The number of fused-ring (bicyclic) bond motifs is 1. The Labute approximate surface area is 206 Å². The highest BCUT2D eigenvalue weighted by Gasteiger charge is 2.16. The average Bonchev–Trinajstić information content (AvgIpc) is 3.26. The van der Waals surface area contributed by atoms with E-state index >= 15 is 0 Å². The quantitative estimate of drug-likeness (QED) is 0.414. The van der Waals surface area contributed by atoms with Crippen molar-refractivity contribution in [3.05, 3.63) is 78.2 Å². The van der Waals surface area contributed by atoms with Crippen molar-refractivity contribution in [2.45, 2.75) is 6.42 Å². The Kier molecular flexibility index (Phi) is 6.21. The van der Waals surface area contributed by atoms with E-state index in [1.54, 1.807) is 19.2 Å². The van der Waals surface area contributed by atoms with Gasteiger partial charge in [-0.05, 0) is 54.6 Å². The number of sulfonamides is 1. The zero-order chi connectivity index (χ0) is 24.6. The minimum absolute atomic E-state index is 0.616. The fourth-order valence-electron chi connectivity index (χ4n) is 4.40. The van der Waals surface area contributed by atoms with E-state index in [1.807, 2.05) is 35.0 Å². The standard InChI is InChI=1S/C26H30N6O2S/c1-29-14-16-31(17-15-29)23-7-4-6-20(18-23)19-25-27-26-24(8-5-13-32(26)28-25)21-9-11-22(12-10-21)30(2)35(3,33)34/h4-13,18H,14-17,19H2,1-3H3. The Bertz CT molecular complexity index is 1440. The molecule has 5 rings (SSSR count). The molecule has 2 aromatic heterocycles. The van der Waals surface area contributed by atoms with E-state index in [-0.39, 0.29) is 0 Å². The predicted molar refractivity (Wildman–Crippen MR) is 141 cm³/mol. The Balaban J connectivity index is 1.39. The van der Waals surface area contributed by atoms with Crippen LogP contribution < -0.4 is 9.21 Å². The van der Waals surface area contributed by atoms with Gasteiger partial charge < -0.3 is 9.80 Å². The van der Waals surface area contributed by atoms with Crippen LogP contribution in [-0.4, -0.2) is 74.4 Å². The van der Waals surface area contributed by atoms with Crippen LogP contribution in [0.2, 0.25) is 0 Å². The van der Waals surface area contributed by atoms with Crippen molar-refractivity contribution in [2.75, 3.05) is 55.7 Å². The van der Waals surface area contributed by atoms with Crippen molar-refractivity contribution in [1.29, 1.82) is 0 Å². The van der Waals surface area contributed by atoms with Crippen molar-refractivity contribution in [3.63, 3.8) is 0 Å². The van der Waals surface area contributed by atoms with Crippen molar-refractivity contribution in [3.8, 4) is 11.1 Å². The van der Waals surface area contributed by atoms with Crippen LogP contribution in [0.5, 0.6) is 0 Å². The van der Waals surface area contributed by atoms with Gasteiger partial charge in [-0.3, -0.25) is 4.31 Å². The smallest absolute Gasteiger partial charge is 0.231 e. The molecule has 0 saturated carbocycles. The van der Waals surface area contributed by atoms with Gasteiger partial charge in [-0.25, -0.2) is 17.9 Å². The normalized spacial score (nSPS) is 15.0. The fraction of sp³-hybridized carbons (Fsp3) is 0.308. The second-order valence-electron chi connectivity index (χ2n) is 9.13. The third-order valence-corrected chi connectivity index (χ3v) is 7.79. The fourth-order valence-corrected chi connectivity index (χ4v) is 4.91. The summed E-state index contributed by atoms with van der Waals surface area (Å²) >= 11 is 0. The highest BCUT2D eigenvalue weighted by Crippen LogP contribution is 2.27. The molecule has 9 heteroatoms. The molecule has 1 fully saturated rings. The molecule has 0 spiro atoms. The summed E-state index contributed by atoms with van der Waals surface area (Å²) < 4.78 is 26.8. The number of likely N-dealkylation sites (N-methyl/N-ethyl adjacent to an activating group) is 1. The molecule has 35 heavy (non-hydrogen) atoms. The number of nitrogens with zero attached hydrogens (tertiary/aromatic N) is 6. The zero-order valence-electron chi connectivity index (χ0n) is 20.3. The molecule has 4 aromatic rings. The van der Waals surface area contributed by atoms with Crippen molar-refractivity contribution < 1.29 is 8.42 Å². The SMILES string of the molecule is CN1CCN(c2cccc(Cc3nc4c(-c5ccc(N(C)S(C)(=O)=O)cc5)cccn4n3)c2)CC1. The minimum atomic E-state index is -3.31. The molecule has 0 atom stereocenters. The molecule has 0 bridgehead atoms. The minimum Gasteiger partial charge on any atom is -0.369 e. The molecule has 1 saturated heterocycles. The Morgan fingerprint density at radius 2 is 1.71 bits per heavy atom. The summed E-state index contributed by atoms with van der Waals surface area (Å²) in [6.45, 7) is 4.22. The molecule has 0 aliphatic carbocycles. The van der Waals surface area contributed by atoms with Crippen molar-refractivity contribution in [1.82, 2.24) is 19.5 Å². The van der Waals surface area contributed by atoms with E-state index in [9.17, 15) is 8.42 Å². The van der Waals surface area contributed by atoms with Crippen molar-refractivity contribution >= 4 is 27.0 Å². The summed E-state index contributed by atoms with van der Waals surface area (Å²) in [4.78, 5) is 9.65. The average molecular weight is 491 g/mol. The molecule has 2 aromatic carbocycles. The van der Waals surface area contributed by atoms with Gasteiger partial charge in [0.05, 0.1) is 11.9 Å². The number of rotatable bonds is 6. The molecule has 0 N–H and O–H groups in total. The molecule has 182 valence electrons. The first-order valence-electron chi connectivity index (χ1n) is 11.7. The van der Waals surface area contributed by atoms with Crippen LogP contribution in [0, 0.1) is 0 Å². The molecule has 1 aliphatic heterocycles. The second kappa shape index (κ2) is 9.31. The van der Waals surface area contributed by atoms with Crippen LogP contribution in [0.4, 0.5) is 11.4 Å². The van der Waals surface area contributed by atoms with Crippen LogP contribution in [0.3, 0.4) is 0 Å². The largest absolute Gasteiger partial charge is 0.369 e. The number of pyridine rings is 1. The monoisotopic (exact) mass is 490 g/mol. The molecular formula is C26H30N6O2S. The van der Waals surface area contributed by atoms with Gasteiger partial charge >= 0.3 is 0 Å². The van der Waals surface area contributed by atoms with Gasteiger partial charge in [0.25, 0.3) is 0 Å². The number of hydrogen-bond donors (Lipinski definition) is 0. The summed E-state index contributed by atoms with van der Waals surface area (Å²) in [6.07, 6.45) is 3.75. The van der Waals surface area contributed by atoms with E-state index in [0.29, 0.717) is 12.1 Å². The number of piperazine rings is 1. The summed E-state index contributed by atoms with van der Waals surface area (Å²) in [7, 11) is 0.411. The molecule has 8 nitrogen and oxygen atoms in total. The predicted octanol–water partition coefficient (Wildman–Crippen LogP) is 3.13. The van der Waals surface area contributed by atoms with Crippen LogP contribution in [0.15, 0.2) is 66.9 Å². The second-order valence-corrected chi connectivity index (χ2v) is 11.1. The van der Waals surface area contributed by atoms with Gasteiger partial charge in [0, 0.05) is 57.1 Å². The van der Waals surface area contributed by atoms with E-state index < -0.39 is 10.0 Å². The lowest BCUT2D eigenvalue weighted by atomic mass is 10.1. The summed E-state index contributed by atoms with van der Waals surface area (Å²) in [5, 5.41) is 4.72. The van der Waals surface area contributed by atoms with E-state index in [4.69, 9.17) is 10.1 Å². The Morgan fingerprint density at radius 1 is 0.971 bits per heavy atom. The van der Waals surface area contributed by atoms with Crippen LogP contribution in [0.1, 0.15) is 11.4 Å². The van der Waals surface area contributed by atoms with E-state index in [2.05, 4.69) is 41.1 Å². The van der Waals surface area contributed by atoms with Gasteiger partial charge in [-0.1, -0.05) is 24.3 Å². The first-order chi connectivity index (χ1) is 16.8. The summed E-state index contributed by atoms with van der Waals surface area (Å²) in [6, 6.07) is 20.1. The van der Waals surface area contributed by atoms with Crippen LogP contribution >= 0.6 is 0 Å². The number of benzene rings is 2. The lowest BCUT2D eigenvalue weighted by Crippen LogP contribution is -2.44. The van der Waals surface area contributed by atoms with Gasteiger partial charge in [0.2, 0.25) is 10.0 Å². The first kappa shape index (κ1) is 23.3. The van der Waals surface area contributed by atoms with Crippen molar-refractivity contribution in [2.24, 2.45) is 0 Å². The highest BCUT2D eigenvalue weighted by molar-refractivity contribution is 7.92. The molecule has 1 aliphatic rings. The molecule has 0 unspecified atom stereocenters. The lowest BCUT2D eigenvalue weighted by Gasteiger charge is -2.34. The third kappa shape index (κ3) is 5.01. The Hall–Kier alpha value is -3.43. The molecular weight excluding hydrogens is 460 g/mol. The van der Waals surface area contributed by atoms with Gasteiger partial charge in [0.15, 0.2) is 11.5 Å². The summed E-state index contributed by atoms with van der Waals surface area (Å²) in [5.41, 5.74) is 5.74.